The standard InChI is InChI=1S/C16H17FN6O/c17-12-1-3-14(4-2-12)23-7-5-13(20-23)10-22-8-6-16(24,11-22)15-9-18-21-19-15/h1-5,7,9,24H,6,8,10-11H2,(H,18,19,21). The zero-order valence-electron chi connectivity index (χ0n) is 12.9. The Kier molecular flexibility index (Phi) is 3.62. The van der Waals surface area contributed by atoms with Gasteiger partial charge in [0.05, 0.1) is 17.6 Å². The number of β-amino-alcohol motifs (C(OH)–C–C–N with tert-alkyl or cyclic N) is 1. The van der Waals surface area contributed by atoms with Gasteiger partial charge in [-0.3, -0.25) is 4.90 Å². The van der Waals surface area contributed by atoms with Crippen LogP contribution in [0.2, 0.25) is 0 Å². The van der Waals surface area contributed by atoms with Gasteiger partial charge in [-0.25, -0.2) is 9.07 Å². The fraction of sp³-hybridized carbons (Fsp3) is 0.312. The summed E-state index contributed by atoms with van der Waals surface area (Å²) in [7, 11) is 0. The molecule has 0 amide bonds. The Labute approximate surface area is 137 Å². The molecule has 1 atom stereocenters. The number of H-pyrrole nitrogens is 1. The van der Waals surface area contributed by atoms with Crippen molar-refractivity contribution in [3.63, 3.8) is 0 Å². The highest BCUT2D eigenvalue weighted by atomic mass is 19.1. The summed E-state index contributed by atoms with van der Waals surface area (Å²) in [5, 5.41) is 25.5. The Morgan fingerprint density at radius 1 is 1.25 bits per heavy atom. The van der Waals surface area contributed by atoms with Crippen LogP contribution in [0.25, 0.3) is 5.69 Å². The van der Waals surface area contributed by atoms with Gasteiger partial charge in [0.15, 0.2) is 0 Å². The highest BCUT2D eigenvalue weighted by Crippen LogP contribution is 2.30. The molecular formula is C16H17FN6O. The first-order valence-corrected chi connectivity index (χ1v) is 7.74. The molecule has 0 saturated carbocycles. The van der Waals surface area contributed by atoms with Crippen molar-refractivity contribution in [1.29, 1.82) is 0 Å². The van der Waals surface area contributed by atoms with Gasteiger partial charge in [0.2, 0.25) is 0 Å². The molecule has 124 valence electrons. The minimum Gasteiger partial charge on any atom is -0.382 e. The van der Waals surface area contributed by atoms with E-state index in [1.807, 2.05) is 12.3 Å². The highest BCUT2D eigenvalue weighted by Gasteiger charge is 2.39. The maximum absolute atomic E-state index is 13.0. The normalized spacial score (nSPS) is 21.4. The zero-order chi connectivity index (χ0) is 16.6. The van der Waals surface area contributed by atoms with Crippen molar-refractivity contribution in [1.82, 2.24) is 30.1 Å². The molecule has 3 aromatic rings. The average molecular weight is 328 g/mol. The van der Waals surface area contributed by atoms with E-state index in [9.17, 15) is 9.50 Å². The number of hydrogen-bond donors (Lipinski definition) is 2. The molecule has 4 rings (SSSR count). The number of nitrogens with zero attached hydrogens (tertiary/aromatic N) is 5. The predicted octanol–water partition coefficient (Wildman–Crippen LogP) is 1.22. The van der Waals surface area contributed by atoms with E-state index in [1.165, 1.54) is 12.1 Å². The van der Waals surface area contributed by atoms with Gasteiger partial charge >= 0.3 is 0 Å². The summed E-state index contributed by atoms with van der Waals surface area (Å²) in [4.78, 5) is 2.13. The number of aromatic amines is 1. The van der Waals surface area contributed by atoms with Gasteiger partial charge in [-0.05, 0) is 36.8 Å². The summed E-state index contributed by atoms with van der Waals surface area (Å²) in [6, 6.07) is 8.12. The van der Waals surface area contributed by atoms with Gasteiger partial charge in [0.25, 0.3) is 0 Å². The van der Waals surface area contributed by atoms with Crippen molar-refractivity contribution >= 4 is 0 Å². The van der Waals surface area contributed by atoms with Crippen LogP contribution < -0.4 is 0 Å². The highest BCUT2D eigenvalue weighted by molar-refractivity contribution is 5.31. The van der Waals surface area contributed by atoms with Gasteiger partial charge in [-0.15, -0.1) is 0 Å². The van der Waals surface area contributed by atoms with E-state index in [1.54, 1.807) is 23.0 Å². The van der Waals surface area contributed by atoms with Crippen molar-refractivity contribution in [3.8, 4) is 5.69 Å². The van der Waals surface area contributed by atoms with Crippen molar-refractivity contribution < 1.29 is 9.50 Å². The van der Waals surface area contributed by atoms with Gasteiger partial charge in [-0.2, -0.15) is 20.5 Å². The Balaban J connectivity index is 1.44. The fourth-order valence-electron chi connectivity index (χ4n) is 3.05. The third-order valence-corrected chi connectivity index (χ3v) is 4.34. The number of benzene rings is 1. The van der Waals surface area contributed by atoms with E-state index >= 15 is 0 Å². The van der Waals surface area contributed by atoms with Crippen LogP contribution in [0.5, 0.6) is 0 Å². The Morgan fingerprint density at radius 2 is 2.08 bits per heavy atom. The summed E-state index contributed by atoms with van der Waals surface area (Å²) < 4.78 is 14.7. The van der Waals surface area contributed by atoms with Crippen LogP contribution in [-0.2, 0) is 12.1 Å². The first kappa shape index (κ1) is 15.0. The molecule has 2 N–H and O–H groups in total. The van der Waals surface area contributed by atoms with Gasteiger partial charge in [0, 0.05) is 25.8 Å². The SMILES string of the molecule is OC1(c2cn[nH]n2)CCN(Cc2ccn(-c3ccc(F)cc3)n2)C1. The van der Waals surface area contributed by atoms with Crippen LogP contribution in [-0.4, -0.2) is 48.3 Å². The van der Waals surface area contributed by atoms with E-state index in [2.05, 4.69) is 25.4 Å². The lowest BCUT2D eigenvalue weighted by molar-refractivity contribution is 0.0407. The smallest absolute Gasteiger partial charge is 0.124 e. The van der Waals surface area contributed by atoms with Crippen molar-refractivity contribution in [3.05, 3.63) is 59.9 Å². The molecule has 1 fully saturated rings. The van der Waals surface area contributed by atoms with Crippen LogP contribution in [0.1, 0.15) is 17.8 Å². The van der Waals surface area contributed by atoms with Crippen LogP contribution >= 0.6 is 0 Å². The van der Waals surface area contributed by atoms with Gasteiger partial charge in [0.1, 0.15) is 17.1 Å². The second kappa shape index (κ2) is 5.81. The number of hydrogen-bond acceptors (Lipinski definition) is 5. The first-order valence-electron chi connectivity index (χ1n) is 7.74. The molecule has 0 aliphatic carbocycles. The second-order valence-electron chi connectivity index (χ2n) is 6.08. The number of aromatic nitrogens is 5. The second-order valence-corrected chi connectivity index (χ2v) is 6.08. The molecule has 8 heteroatoms. The summed E-state index contributed by atoms with van der Waals surface area (Å²) in [6.45, 7) is 1.88. The monoisotopic (exact) mass is 328 g/mol. The first-order chi connectivity index (χ1) is 11.6. The summed E-state index contributed by atoms with van der Waals surface area (Å²) in [6.07, 6.45) is 4.02. The van der Waals surface area contributed by atoms with Crippen LogP contribution in [0.15, 0.2) is 42.7 Å². The molecule has 0 bridgehead atoms. The molecule has 24 heavy (non-hydrogen) atoms. The number of aliphatic hydroxyl groups is 1. The van der Waals surface area contributed by atoms with E-state index in [4.69, 9.17) is 0 Å². The van der Waals surface area contributed by atoms with E-state index in [0.717, 1.165) is 17.9 Å². The van der Waals surface area contributed by atoms with E-state index < -0.39 is 5.60 Å². The molecule has 1 aliphatic rings. The maximum atomic E-state index is 13.0. The van der Waals surface area contributed by atoms with Gasteiger partial charge in [-0.1, -0.05) is 0 Å². The molecule has 3 heterocycles. The Morgan fingerprint density at radius 3 is 2.83 bits per heavy atom. The molecule has 1 unspecified atom stereocenters. The average Bonchev–Trinajstić information content (AvgIpc) is 3.30. The number of rotatable bonds is 4. The summed E-state index contributed by atoms with van der Waals surface area (Å²) in [5.74, 6) is -0.268. The lowest BCUT2D eigenvalue weighted by Gasteiger charge is -2.20. The Hall–Kier alpha value is -2.58. The van der Waals surface area contributed by atoms with Crippen LogP contribution in [0.4, 0.5) is 4.39 Å². The van der Waals surface area contributed by atoms with Crippen molar-refractivity contribution in [2.45, 2.75) is 18.6 Å². The summed E-state index contributed by atoms with van der Waals surface area (Å²) in [5.41, 5.74) is 1.31. The molecule has 0 spiro atoms. The number of halogens is 1. The topological polar surface area (TPSA) is 82.9 Å². The molecular weight excluding hydrogens is 311 g/mol. The molecule has 0 radical (unpaired) electrons. The van der Waals surface area contributed by atoms with Crippen LogP contribution in [0.3, 0.4) is 0 Å². The fourth-order valence-corrected chi connectivity index (χ4v) is 3.05. The minimum absolute atomic E-state index is 0.268. The van der Waals surface area contributed by atoms with Crippen LogP contribution in [0, 0.1) is 5.82 Å². The molecule has 1 aliphatic heterocycles. The quantitative estimate of drug-likeness (QED) is 0.752. The summed E-state index contributed by atoms with van der Waals surface area (Å²) >= 11 is 0. The maximum Gasteiger partial charge on any atom is 0.124 e. The van der Waals surface area contributed by atoms with Crippen molar-refractivity contribution in [2.75, 3.05) is 13.1 Å². The van der Waals surface area contributed by atoms with Gasteiger partial charge < -0.3 is 5.11 Å². The lowest BCUT2D eigenvalue weighted by atomic mass is 10.0. The zero-order valence-corrected chi connectivity index (χ0v) is 12.9. The number of likely N-dealkylation sites (tertiary alicyclic amines) is 1. The Bertz CT molecular complexity index is 815. The van der Waals surface area contributed by atoms with Crippen molar-refractivity contribution in [2.24, 2.45) is 0 Å². The van der Waals surface area contributed by atoms with E-state index in [-0.39, 0.29) is 5.82 Å². The predicted molar refractivity (Wildman–Crippen MR) is 83.7 cm³/mol. The third kappa shape index (κ3) is 2.81. The molecule has 1 saturated heterocycles. The third-order valence-electron chi connectivity index (χ3n) is 4.34. The molecule has 1 aromatic carbocycles. The van der Waals surface area contributed by atoms with E-state index in [0.29, 0.717) is 25.2 Å². The minimum atomic E-state index is -0.966. The lowest BCUT2D eigenvalue weighted by Crippen LogP contribution is -2.31. The molecule has 7 nitrogen and oxygen atoms in total. The largest absolute Gasteiger partial charge is 0.382 e. The number of nitrogens with one attached hydrogen (secondary N) is 1. The molecule has 2 aromatic heterocycles.